The Bertz CT molecular complexity index is 921. The van der Waals surface area contributed by atoms with Crippen LogP contribution in [0.2, 0.25) is 0 Å². The molecule has 0 saturated carbocycles. The van der Waals surface area contributed by atoms with Crippen LogP contribution in [0.15, 0.2) is 53.2 Å². The predicted octanol–water partition coefficient (Wildman–Crippen LogP) is 2.87. The summed E-state index contributed by atoms with van der Waals surface area (Å²) in [7, 11) is 1.54. The normalized spacial score (nSPS) is 13.3. The Hall–Kier alpha value is -3.15. The SMILES string of the molecule is COc1cnccc1C(=O)N1CCc2oc(Cc3ccccc3)nc2C1. The minimum Gasteiger partial charge on any atom is -0.494 e. The van der Waals surface area contributed by atoms with Crippen LogP contribution in [0.3, 0.4) is 0 Å². The molecular formula is C20H19N3O3. The number of rotatable bonds is 4. The van der Waals surface area contributed by atoms with Gasteiger partial charge in [-0.15, -0.1) is 0 Å². The minimum atomic E-state index is -0.0810. The third-order valence-electron chi connectivity index (χ3n) is 4.49. The number of benzene rings is 1. The summed E-state index contributed by atoms with van der Waals surface area (Å²) in [5, 5.41) is 0. The number of carbonyl (C=O) groups excluding carboxylic acids is 1. The zero-order valence-corrected chi connectivity index (χ0v) is 14.5. The van der Waals surface area contributed by atoms with Crippen LogP contribution in [-0.4, -0.2) is 34.4 Å². The van der Waals surface area contributed by atoms with E-state index in [2.05, 4.69) is 22.1 Å². The van der Waals surface area contributed by atoms with Crippen molar-refractivity contribution in [3.8, 4) is 5.75 Å². The molecule has 1 amide bonds. The molecule has 0 aliphatic carbocycles. The van der Waals surface area contributed by atoms with E-state index in [9.17, 15) is 4.79 Å². The van der Waals surface area contributed by atoms with Gasteiger partial charge in [0.15, 0.2) is 5.89 Å². The molecule has 6 heteroatoms. The van der Waals surface area contributed by atoms with Crippen molar-refractivity contribution in [3.05, 3.63) is 77.3 Å². The van der Waals surface area contributed by atoms with Crippen LogP contribution in [0.5, 0.6) is 5.75 Å². The molecule has 132 valence electrons. The summed E-state index contributed by atoms with van der Waals surface area (Å²) in [5.41, 5.74) is 2.50. The van der Waals surface area contributed by atoms with Crippen molar-refractivity contribution in [2.24, 2.45) is 0 Å². The molecule has 0 radical (unpaired) electrons. The van der Waals surface area contributed by atoms with Gasteiger partial charge in [0, 0.05) is 25.6 Å². The van der Waals surface area contributed by atoms with E-state index < -0.39 is 0 Å². The summed E-state index contributed by atoms with van der Waals surface area (Å²) in [6, 6.07) is 11.8. The standard InChI is InChI=1S/C20H19N3O3/c1-25-18-12-21-9-7-15(18)20(24)23-10-8-17-16(13-23)22-19(26-17)11-14-5-3-2-4-6-14/h2-7,9,12H,8,10-11,13H2,1H3. The first kappa shape index (κ1) is 16.3. The van der Waals surface area contributed by atoms with Gasteiger partial charge in [0.1, 0.15) is 17.2 Å². The van der Waals surface area contributed by atoms with E-state index in [1.165, 1.54) is 7.11 Å². The highest BCUT2D eigenvalue weighted by molar-refractivity contribution is 5.96. The summed E-state index contributed by atoms with van der Waals surface area (Å²) in [6.45, 7) is 1.04. The lowest BCUT2D eigenvalue weighted by Crippen LogP contribution is -2.36. The van der Waals surface area contributed by atoms with Crippen LogP contribution in [0.25, 0.3) is 0 Å². The molecular weight excluding hydrogens is 330 g/mol. The Kier molecular flexibility index (Phi) is 4.39. The lowest BCUT2D eigenvalue weighted by atomic mass is 10.1. The first-order valence-electron chi connectivity index (χ1n) is 8.53. The van der Waals surface area contributed by atoms with E-state index in [4.69, 9.17) is 9.15 Å². The zero-order chi connectivity index (χ0) is 17.9. The lowest BCUT2D eigenvalue weighted by molar-refractivity contribution is 0.0724. The Morgan fingerprint density at radius 2 is 2.12 bits per heavy atom. The van der Waals surface area contributed by atoms with Gasteiger partial charge in [-0.25, -0.2) is 4.98 Å². The highest BCUT2D eigenvalue weighted by Gasteiger charge is 2.27. The van der Waals surface area contributed by atoms with Gasteiger partial charge >= 0.3 is 0 Å². The van der Waals surface area contributed by atoms with Crippen molar-refractivity contribution in [2.75, 3.05) is 13.7 Å². The van der Waals surface area contributed by atoms with Crippen LogP contribution in [0, 0.1) is 0 Å². The molecule has 3 aromatic rings. The van der Waals surface area contributed by atoms with Gasteiger partial charge in [-0.3, -0.25) is 9.78 Å². The van der Waals surface area contributed by atoms with Crippen LogP contribution in [0.1, 0.15) is 33.3 Å². The average Bonchev–Trinajstić information content (AvgIpc) is 3.09. The smallest absolute Gasteiger partial charge is 0.258 e. The van der Waals surface area contributed by atoms with E-state index in [-0.39, 0.29) is 5.91 Å². The maximum absolute atomic E-state index is 12.8. The Balaban J connectivity index is 1.52. The number of oxazole rings is 1. The second kappa shape index (κ2) is 7.00. The molecule has 26 heavy (non-hydrogen) atoms. The summed E-state index contributed by atoms with van der Waals surface area (Å²) >= 11 is 0. The fourth-order valence-corrected chi connectivity index (χ4v) is 3.16. The monoisotopic (exact) mass is 349 g/mol. The van der Waals surface area contributed by atoms with Crippen molar-refractivity contribution in [2.45, 2.75) is 19.4 Å². The number of aromatic nitrogens is 2. The minimum absolute atomic E-state index is 0.0810. The number of amides is 1. The van der Waals surface area contributed by atoms with E-state index >= 15 is 0 Å². The van der Waals surface area contributed by atoms with E-state index in [1.807, 2.05) is 18.2 Å². The Morgan fingerprint density at radius 1 is 1.27 bits per heavy atom. The molecule has 1 aromatic carbocycles. The molecule has 2 aromatic heterocycles. The zero-order valence-electron chi connectivity index (χ0n) is 14.5. The summed E-state index contributed by atoms with van der Waals surface area (Å²) in [5.74, 6) is 1.97. The number of methoxy groups -OCH3 is 1. The van der Waals surface area contributed by atoms with E-state index in [0.717, 1.165) is 17.0 Å². The van der Waals surface area contributed by atoms with Gasteiger partial charge in [-0.1, -0.05) is 30.3 Å². The maximum Gasteiger partial charge on any atom is 0.258 e. The van der Waals surface area contributed by atoms with E-state index in [1.54, 1.807) is 23.4 Å². The van der Waals surface area contributed by atoms with Crippen LogP contribution < -0.4 is 4.74 Å². The lowest BCUT2D eigenvalue weighted by Gasteiger charge is -2.25. The summed E-state index contributed by atoms with van der Waals surface area (Å²) < 4.78 is 11.2. The van der Waals surface area contributed by atoms with Gasteiger partial charge in [-0.2, -0.15) is 0 Å². The van der Waals surface area contributed by atoms with Gasteiger partial charge in [0.2, 0.25) is 0 Å². The van der Waals surface area contributed by atoms with Crippen molar-refractivity contribution < 1.29 is 13.9 Å². The average molecular weight is 349 g/mol. The molecule has 0 N–H and O–H groups in total. The van der Waals surface area contributed by atoms with Gasteiger partial charge in [0.05, 0.1) is 25.4 Å². The number of carbonyl (C=O) groups is 1. The number of hydrogen-bond donors (Lipinski definition) is 0. The first-order chi connectivity index (χ1) is 12.7. The molecule has 0 saturated heterocycles. The second-order valence-electron chi connectivity index (χ2n) is 6.19. The molecule has 6 nitrogen and oxygen atoms in total. The predicted molar refractivity (Wildman–Crippen MR) is 95.0 cm³/mol. The van der Waals surface area contributed by atoms with Crippen LogP contribution >= 0.6 is 0 Å². The number of ether oxygens (including phenoxy) is 1. The molecule has 0 bridgehead atoms. The molecule has 4 rings (SSSR count). The number of nitrogens with zero attached hydrogens (tertiary/aromatic N) is 3. The van der Waals surface area contributed by atoms with Crippen molar-refractivity contribution in [3.63, 3.8) is 0 Å². The van der Waals surface area contributed by atoms with Crippen LogP contribution in [-0.2, 0) is 19.4 Å². The Morgan fingerprint density at radius 3 is 2.92 bits per heavy atom. The van der Waals surface area contributed by atoms with Crippen molar-refractivity contribution in [1.29, 1.82) is 0 Å². The molecule has 3 heterocycles. The molecule has 1 aliphatic rings. The maximum atomic E-state index is 12.8. The topological polar surface area (TPSA) is 68.5 Å². The summed E-state index contributed by atoms with van der Waals surface area (Å²) in [4.78, 5) is 23.2. The highest BCUT2D eigenvalue weighted by atomic mass is 16.5. The second-order valence-corrected chi connectivity index (χ2v) is 6.19. The number of fused-ring (bicyclic) bond motifs is 1. The first-order valence-corrected chi connectivity index (χ1v) is 8.53. The third-order valence-corrected chi connectivity index (χ3v) is 4.49. The largest absolute Gasteiger partial charge is 0.494 e. The number of hydrogen-bond acceptors (Lipinski definition) is 5. The fourth-order valence-electron chi connectivity index (χ4n) is 3.16. The molecule has 0 spiro atoms. The van der Waals surface area contributed by atoms with Gasteiger partial charge in [-0.05, 0) is 11.6 Å². The molecule has 0 atom stereocenters. The quantitative estimate of drug-likeness (QED) is 0.724. The van der Waals surface area contributed by atoms with Crippen molar-refractivity contribution in [1.82, 2.24) is 14.9 Å². The van der Waals surface area contributed by atoms with E-state index in [0.29, 0.717) is 43.1 Å². The molecule has 1 aliphatic heterocycles. The molecule has 0 unspecified atom stereocenters. The highest BCUT2D eigenvalue weighted by Crippen LogP contribution is 2.25. The van der Waals surface area contributed by atoms with Crippen LogP contribution in [0.4, 0.5) is 0 Å². The third kappa shape index (κ3) is 3.18. The van der Waals surface area contributed by atoms with Crippen molar-refractivity contribution >= 4 is 5.91 Å². The number of pyridine rings is 1. The van der Waals surface area contributed by atoms with Gasteiger partial charge in [0.25, 0.3) is 5.91 Å². The summed E-state index contributed by atoms with van der Waals surface area (Å²) in [6.07, 6.45) is 4.46. The fraction of sp³-hybridized carbons (Fsp3) is 0.250. The Labute approximate surface area is 151 Å². The van der Waals surface area contributed by atoms with Gasteiger partial charge < -0.3 is 14.1 Å². The molecule has 0 fully saturated rings.